The molecule has 3 saturated heterocycles. The molecule has 8 heteroatoms. The number of nitrogens with one attached hydrogen (secondary N) is 1. The molecule has 0 radical (unpaired) electrons. The highest BCUT2D eigenvalue weighted by atomic mass is 19.4. The van der Waals surface area contributed by atoms with Gasteiger partial charge in [-0.3, -0.25) is 4.90 Å². The smallest absolute Gasteiger partial charge is 0.315 e. The monoisotopic (exact) mass is 336 g/mol. The summed E-state index contributed by atoms with van der Waals surface area (Å²) >= 11 is 0. The van der Waals surface area contributed by atoms with Gasteiger partial charge in [0.05, 0.1) is 23.2 Å². The second-order valence-electron chi connectivity index (χ2n) is 6.52. The van der Waals surface area contributed by atoms with E-state index >= 15 is 0 Å². The second-order valence-corrected chi connectivity index (χ2v) is 6.52. The molecule has 3 heterocycles. The van der Waals surface area contributed by atoms with E-state index in [0.717, 1.165) is 31.6 Å². The molecule has 0 spiro atoms. The van der Waals surface area contributed by atoms with Crippen molar-refractivity contribution in [1.29, 1.82) is 5.26 Å². The van der Waals surface area contributed by atoms with Gasteiger partial charge in [-0.25, -0.2) is 4.79 Å². The lowest BCUT2D eigenvalue weighted by molar-refractivity contribution is -0.137. The fourth-order valence-electron chi connectivity index (χ4n) is 4.14. The van der Waals surface area contributed by atoms with Crippen LogP contribution in [0.2, 0.25) is 0 Å². The first-order valence-corrected chi connectivity index (χ1v) is 7.82. The summed E-state index contributed by atoms with van der Waals surface area (Å²) in [5, 5.41) is 12.2. The third-order valence-electron chi connectivity index (χ3n) is 5.22. The molecule has 0 saturated carbocycles. The summed E-state index contributed by atoms with van der Waals surface area (Å²) in [5.74, 6) is 0.346. The number of nitriles is 1. The molecular weight excluding hydrogens is 321 g/mol. The minimum atomic E-state index is -4.62. The average molecular weight is 336 g/mol. The van der Waals surface area contributed by atoms with E-state index < -0.39 is 17.3 Å². The Bertz CT molecular complexity index is 742. The van der Waals surface area contributed by atoms with Gasteiger partial charge in [-0.05, 0) is 30.5 Å². The third kappa shape index (κ3) is 2.15. The van der Waals surface area contributed by atoms with Crippen LogP contribution in [0, 0.1) is 17.2 Å². The van der Waals surface area contributed by atoms with E-state index in [0.29, 0.717) is 12.5 Å². The predicted molar refractivity (Wildman–Crippen MR) is 79.3 cm³/mol. The molecule has 3 fully saturated rings. The van der Waals surface area contributed by atoms with Crippen molar-refractivity contribution in [3.05, 3.63) is 29.3 Å². The van der Waals surface area contributed by atoms with Crippen molar-refractivity contribution in [2.24, 2.45) is 5.92 Å². The van der Waals surface area contributed by atoms with E-state index in [4.69, 9.17) is 5.26 Å². The Hall–Kier alpha value is -2.27. The van der Waals surface area contributed by atoms with Crippen molar-refractivity contribution in [3.8, 4) is 6.07 Å². The van der Waals surface area contributed by atoms with Crippen LogP contribution in [0.4, 0.5) is 23.7 Å². The van der Waals surface area contributed by atoms with E-state index in [1.807, 2.05) is 4.90 Å². The number of alkyl halides is 3. The first kappa shape index (κ1) is 15.3. The van der Waals surface area contributed by atoms with Crippen molar-refractivity contribution < 1.29 is 18.0 Å². The number of benzene rings is 1. The van der Waals surface area contributed by atoms with Crippen LogP contribution in [-0.4, -0.2) is 42.6 Å². The highest BCUT2D eigenvalue weighted by Crippen LogP contribution is 2.40. The van der Waals surface area contributed by atoms with Crippen LogP contribution in [0.15, 0.2) is 18.2 Å². The lowest BCUT2D eigenvalue weighted by Crippen LogP contribution is -2.43. The Morgan fingerprint density at radius 3 is 2.79 bits per heavy atom. The number of nitrogens with zero attached hydrogens (tertiary/aromatic N) is 3. The number of hydrogen-bond donors (Lipinski definition) is 1. The quantitative estimate of drug-likeness (QED) is 0.855. The van der Waals surface area contributed by atoms with Gasteiger partial charge in [0.25, 0.3) is 0 Å². The zero-order chi connectivity index (χ0) is 17.1. The maximum Gasteiger partial charge on any atom is 0.417 e. The molecule has 5 nitrogen and oxygen atoms in total. The van der Waals surface area contributed by atoms with E-state index in [1.165, 1.54) is 11.0 Å². The Morgan fingerprint density at radius 2 is 2.08 bits per heavy atom. The molecule has 4 rings (SSSR count). The zero-order valence-electron chi connectivity index (χ0n) is 12.7. The van der Waals surface area contributed by atoms with Gasteiger partial charge >= 0.3 is 12.2 Å². The maximum absolute atomic E-state index is 13.1. The summed E-state index contributed by atoms with van der Waals surface area (Å²) in [7, 11) is 0. The highest BCUT2D eigenvalue weighted by molar-refractivity contribution is 5.95. The van der Waals surface area contributed by atoms with Crippen molar-refractivity contribution in [2.45, 2.75) is 24.7 Å². The summed E-state index contributed by atoms with van der Waals surface area (Å²) in [6, 6.07) is 4.95. The fraction of sp³-hybridized carbons (Fsp3) is 0.500. The van der Waals surface area contributed by atoms with E-state index in [9.17, 15) is 18.0 Å². The summed E-state index contributed by atoms with van der Waals surface area (Å²) in [6.07, 6.45) is -3.67. The van der Waals surface area contributed by atoms with Gasteiger partial charge in [0.2, 0.25) is 0 Å². The van der Waals surface area contributed by atoms with Crippen LogP contribution in [-0.2, 0) is 6.18 Å². The number of carbonyl (C=O) groups excluding carboxylic acids is 1. The first-order chi connectivity index (χ1) is 11.4. The van der Waals surface area contributed by atoms with Crippen LogP contribution >= 0.6 is 0 Å². The number of anilines is 1. The molecule has 2 amide bonds. The third-order valence-corrected chi connectivity index (χ3v) is 5.22. The fourth-order valence-corrected chi connectivity index (χ4v) is 4.14. The molecular formula is C16H15F3N4O. The number of hydrogen-bond acceptors (Lipinski definition) is 3. The largest absolute Gasteiger partial charge is 0.417 e. The molecule has 24 heavy (non-hydrogen) atoms. The van der Waals surface area contributed by atoms with Gasteiger partial charge in [0.15, 0.2) is 0 Å². The lowest BCUT2D eigenvalue weighted by Gasteiger charge is -2.26. The van der Waals surface area contributed by atoms with Gasteiger partial charge in [0.1, 0.15) is 0 Å². The zero-order valence-corrected chi connectivity index (χ0v) is 12.7. The number of halogens is 3. The topological polar surface area (TPSA) is 59.4 Å². The number of fused-ring (bicyclic) bond motifs is 5. The summed E-state index contributed by atoms with van der Waals surface area (Å²) < 4.78 is 39.4. The molecule has 1 aromatic carbocycles. The highest BCUT2D eigenvalue weighted by Gasteiger charge is 2.52. The number of amides is 2. The van der Waals surface area contributed by atoms with Crippen molar-refractivity contribution >= 4 is 11.7 Å². The molecule has 2 bridgehead atoms. The SMILES string of the molecule is N#Cc1ccc(N2C[C@H]3[C@@H]4CNC[C@@H](C4)N3C2=O)cc1C(F)(F)F. The molecule has 0 aromatic heterocycles. The van der Waals surface area contributed by atoms with Crippen LogP contribution in [0.25, 0.3) is 0 Å². The number of urea groups is 1. The van der Waals surface area contributed by atoms with Crippen LogP contribution in [0.1, 0.15) is 17.5 Å². The number of piperidine rings is 1. The van der Waals surface area contributed by atoms with Crippen LogP contribution in [0.5, 0.6) is 0 Å². The Balaban J connectivity index is 1.69. The molecule has 1 N–H and O–H groups in total. The number of rotatable bonds is 1. The summed E-state index contributed by atoms with van der Waals surface area (Å²) in [4.78, 5) is 15.9. The molecule has 3 atom stereocenters. The molecule has 1 aromatic rings. The summed E-state index contributed by atoms with van der Waals surface area (Å²) in [5.41, 5.74) is -1.23. The van der Waals surface area contributed by atoms with Crippen molar-refractivity contribution in [3.63, 3.8) is 0 Å². The Morgan fingerprint density at radius 1 is 1.29 bits per heavy atom. The second kappa shape index (κ2) is 5.11. The predicted octanol–water partition coefficient (Wildman–Crippen LogP) is 2.18. The van der Waals surface area contributed by atoms with Crippen molar-refractivity contribution in [2.75, 3.05) is 24.5 Å². The number of carbonyl (C=O) groups is 1. The van der Waals surface area contributed by atoms with Gasteiger partial charge in [-0.2, -0.15) is 18.4 Å². The Labute approximate surface area is 136 Å². The van der Waals surface area contributed by atoms with E-state index in [2.05, 4.69) is 5.32 Å². The standard InChI is InChI=1S/C16H15F3N4O/c17-16(18,19)13-4-11(2-1-9(13)5-20)22-8-14-10-3-12(7-21-6-10)23(14)15(22)24/h1-2,4,10,12,14,21H,3,6-8H2/t10-,12+,14-/m0/s1. The normalized spacial score (nSPS) is 28.9. The van der Waals surface area contributed by atoms with Gasteiger partial charge in [0, 0.05) is 31.4 Å². The first-order valence-electron chi connectivity index (χ1n) is 7.82. The van der Waals surface area contributed by atoms with Crippen LogP contribution in [0.3, 0.4) is 0 Å². The van der Waals surface area contributed by atoms with Gasteiger partial charge in [-0.1, -0.05) is 0 Å². The van der Waals surface area contributed by atoms with Gasteiger partial charge < -0.3 is 10.2 Å². The van der Waals surface area contributed by atoms with Crippen molar-refractivity contribution in [1.82, 2.24) is 10.2 Å². The summed E-state index contributed by atoms with van der Waals surface area (Å²) in [6.45, 7) is 1.96. The minimum absolute atomic E-state index is 0.0440. The average Bonchev–Trinajstić information content (AvgIpc) is 3.02. The molecule has 0 unspecified atom stereocenters. The minimum Gasteiger partial charge on any atom is -0.315 e. The Kier molecular flexibility index (Phi) is 3.25. The van der Waals surface area contributed by atoms with E-state index in [-0.39, 0.29) is 23.8 Å². The molecule has 3 aliphatic rings. The molecule has 126 valence electrons. The van der Waals surface area contributed by atoms with E-state index in [1.54, 1.807) is 6.07 Å². The maximum atomic E-state index is 13.1. The molecule has 0 aliphatic carbocycles. The molecule has 3 aliphatic heterocycles. The lowest BCUT2D eigenvalue weighted by atomic mass is 9.96. The van der Waals surface area contributed by atoms with Crippen LogP contribution < -0.4 is 10.2 Å². The van der Waals surface area contributed by atoms with Gasteiger partial charge in [-0.15, -0.1) is 0 Å².